The monoisotopic (exact) mass is 226 g/mol. The first kappa shape index (κ1) is 12.3. The maximum Gasteiger partial charge on any atom is 0.197 e. The van der Waals surface area contributed by atoms with Crippen molar-refractivity contribution in [2.75, 3.05) is 0 Å². The molecule has 3 heteroatoms. The molecule has 0 aromatic rings. The fourth-order valence-electron chi connectivity index (χ4n) is 0.878. The summed E-state index contributed by atoms with van der Waals surface area (Å²) < 4.78 is -1.23. The average molecular weight is 228 g/mol. The molecule has 0 heterocycles. The third-order valence-electron chi connectivity index (χ3n) is 1.38. The Morgan fingerprint density at radius 2 is 1.92 bits per heavy atom. The predicted molar refractivity (Wildman–Crippen MR) is 58.0 cm³/mol. The van der Waals surface area contributed by atoms with Crippen molar-refractivity contribution in [2.45, 2.75) is 24.1 Å². The normalized spacial score (nSPS) is 13.8. The van der Waals surface area contributed by atoms with Gasteiger partial charge in [-0.15, -0.1) is 6.58 Å². The maximum absolute atomic E-state index is 5.76. The summed E-state index contributed by atoms with van der Waals surface area (Å²) in [4.78, 5) is 0. The first-order valence-electron chi connectivity index (χ1n) is 3.70. The van der Waals surface area contributed by atoms with Gasteiger partial charge in [-0.3, -0.25) is 0 Å². The minimum Gasteiger partial charge on any atom is -0.103 e. The molecule has 0 aromatic carbocycles. The van der Waals surface area contributed by atoms with E-state index >= 15 is 0 Å². The van der Waals surface area contributed by atoms with Gasteiger partial charge in [0.25, 0.3) is 0 Å². The van der Waals surface area contributed by atoms with Crippen molar-refractivity contribution in [3.63, 3.8) is 0 Å². The SMILES string of the molecule is C=CCC(C=C(C)C)C(Cl)(Cl)Cl. The predicted octanol–water partition coefficient (Wildman–Crippen LogP) is 4.52. The molecule has 0 saturated carbocycles. The van der Waals surface area contributed by atoms with Gasteiger partial charge in [-0.2, -0.15) is 0 Å². The molecule has 0 rings (SSSR count). The zero-order chi connectivity index (χ0) is 9.78. The molecule has 0 N–H and O–H groups in total. The highest BCUT2D eigenvalue weighted by Gasteiger charge is 2.29. The molecule has 0 aliphatic heterocycles. The van der Waals surface area contributed by atoms with Crippen LogP contribution in [0, 0.1) is 5.92 Å². The summed E-state index contributed by atoms with van der Waals surface area (Å²) in [5.41, 5.74) is 1.15. The minimum atomic E-state index is -1.23. The van der Waals surface area contributed by atoms with Crippen LogP contribution in [-0.4, -0.2) is 3.79 Å². The van der Waals surface area contributed by atoms with Crippen molar-refractivity contribution in [1.29, 1.82) is 0 Å². The van der Waals surface area contributed by atoms with Crippen LogP contribution in [0.5, 0.6) is 0 Å². The summed E-state index contributed by atoms with van der Waals surface area (Å²) in [6, 6.07) is 0. The van der Waals surface area contributed by atoms with Crippen molar-refractivity contribution in [3.05, 3.63) is 24.3 Å². The van der Waals surface area contributed by atoms with Crippen molar-refractivity contribution in [3.8, 4) is 0 Å². The molecule has 0 bridgehead atoms. The highest BCUT2D eigenvalue weighted by Crippen LogP contribution is 2.38. The molecule has 0 spiro atoms. The fourth-order valence-corrected chi connectivity index (χ4v) is 1.33. The van der Waals surface area contributed by atoms with E-state index in [1.165, 1.54) is 0 Å². The second kappa shape index (κ2) is 5.16. The second-order valence-corrected chi connectivity index (χ2v) is 5.29. The lowest BCUT2D eigenvalue weighted by Crippen LogP contribution is -2.16. The first-order chi connectivity index (χ1) is 5.38. The molecule has 0 radical (unpaired) electrons. The zero-order valence-corrected chi connectivity index (χ0v) is 9.55. The van der Waals surface area contributed by atoms with Crippen molar-refractivity contribution < 1.29 is 0 Å². The number of alkyl halides is 3. The molecular weight excluding hydrogens is 214 g/mol. The van der Waals surface area contributed by atoms with E-state index < -0.39 is 3.79 Å². The van der Waals surface area contributed by atoms with Crippen molar-refractivity contribution in [1.82, 2.24) is 0 Å². The molecule has 0 fully saturated rings. The van der Waals surface area contributed by atoms with Gasteiger partial charge in [-0.05, 0) is 20.3 Å². The number of allylic oxidation sites excluding steroid dienone is 3. The van der Waals surface area contributed by atoms with Gasteiger partial charge in [0.05, 0.1) is 0 Å². The number of hydrogen-bond donors (Lipinski definition) is 0. The molecule has 0 aliphatic carbocycles. The summed E-state index contributed by atoms with van der Waals surface area (Å²) in [6.45, 7) is 7.57. The summed E-state index contributed by atoms with van der Waals surface area (Å²) in [6.07, 6.45) is 4.39. The topological polar surface area (TPSA) is 0 Å². The zero-order valence-electron chi connectivity index (χ0n) is 7.28. The van der Waals surface area contributed by atoms with E-state index in [1.54, 1.807) is 6.08 Å². The summed E-state index contributed by atoms with van der Waals surface area (Å²) in [7, 11) is 0. The Bertz CT molecular complexity index is 173. The Balaban J connectivity index is 4.44. The van der Waals surface area contributed by atoms with Crippen LogP contribution in [0.15, 0.2) is 24.3 Å². The van der Waals surface area contributed by atoms with Gasteiger partial charge in [0.2, 0.25) is 0 Å². The number of hydrogen-bond acceptors (Lipinski definition) is 0. The lowest BCUT2D eigenvalue weighted by atomic mass is 10.0. The molecule has 1 unspecified atom stereocenters. The smallest absolute Gasteiger partial charge is 0.103 e. The number of rotatable bonds is 3. The van der Waals surface area contributed by atoms with Gasteiger partial charge in [0.15, 0.2) is 3.79 Å². The van der Waals surface area contributed by atoms with Crippen LogP contribution in [0.4, 0.5) is 0 Å². The molecule has 12 heavy (non-hydrogen) atoms. The van der Waals surface area contributed by atoms with Crippen LogP contribution in [0.3, 0.4) is 0 Å². The Kier molecular flexibility index (Phi) is 5.31. The van der Waals surface area contributed by atoms with Gasteiger partial charge in [0, 0.05) is 5.92 Å². The van der Waals surface area contributed by atoms with E-state index in [0.29, 0.717) is 6.42 Å². The van der Waals surface area contributed by atoms with E-state index in [1.807, 2.05) is 19.9 Å². The van der Waals surface area contributed by atoms with E-state index in [0.717, 1.165) is 5.57 Å². The van der Waals surface area contributed by atoms with Gasteiger partial charge in [-0.25, -0.2) is 0 Å². The van der Waals surface area contributed by atoms with Crippen LogP contribution in [0.25, 0.3) is 0 Å². The maximum atomic E-state index is 5.76. The molecule has 0 nitrogen and oxygen atoms in total. The van der Waals surface area contributed by atoms with Crippen LogP contribution in [0.1, 0.15) is 20.3 Å². The van der Waals surface area contributed by atoms with Gasteiger partial charge in [0.1, 0.15) is 0 Å². The van der Waals surface area contributed by atoms with Crippen molar-refractivity contribution >= 4 is 34.8 Å². The Morgan fingerprint density at radius 1 is 1.42 bits per heavy atom. The summed E-state index contributed by atoms with van der Waals surface area (Å²) >= 11 is 17.3. The van der Waals surface area contributed by atoms with Gasteiger partial charge >= 0.3 is 0 Å². The Labute approximate surface area is 89.2 Å². The largest absolute Gasteiger partial charge is 0.197 e. The minimum absolute atomic E-state index is 0.0787. The molecule has 0 aromatic heterocycles. The van der Waals surface area contributed by atoms with E-state index in [-0.39, 0.29) is 5.92 Å². The van der Waals surface area contributed by atoms with Gasteiger partial charge in [-0.1, -0.05) is 52.5 Å². The molecule has 0 aliphatic rings. The third kappa shape index (κ3) is 5.08. The van der Waals surface area contributed by atoms with E-state index in [2.05, 4.69) is 6.58 Å². The highest BCUT2D eigenvalue weighted by molar-refractivity contribution is 6.67. The summed E-state index contributed by atoms with van der Waals surface area (Å²) in [5, 5.41) is 0. The van der Waals surface area contributed by atoms with Crippen LogP contribution in [-0.2, 0) is 0 Å². The fraction of sp³-hybridized carbons (Fsp3) is 0.556. The van der Waals surface area contributed by atoms with E-state index in [4.69, 9.17) is 34.8 Å². The first-order valence-corrected chi connectivity index (χ1v) is 4.84. The van der Waals surface area contributed by atoms with Crippen molar-refractivity contribution in [2.24, 2.45) is 5.92 Å². The third-order valence-corrected chi connectivity index (χ3v) is 2.22. The molecular formula is C9H13Cl3. The quantitative estimate of drug-likeness (QED) is 0.491. The highest BCUT2D eigenvalue weighted by atomic mass is 35.6. The van der Waals surface area contributed by atoms with Crippen LogP contribution >= 0.6 is 34.8 Å². The summed E-state index contributed by atoms with van der Waals surface area (Å²) in [5.74, 6) is -0.0787. The van der Waals surface area contributed by atoms with E-state index in [9.17, 15) is 0 Å². The molecule has 0 saturated heterocycles. The second-order valence-electron chi connectivity index (χ2n) is 2.92. The van der Waals surface area contributed by atoms with Crippen LogP contribution in [0.2, 0.25) is 0 Å². The molecule has 1 atom stereocenters. The molecule has 70 valence electrons. The molecule has 0 amide bonds. The Morgan fingerprint density at radius 3 is 2.17 bits per heavy atom. The number of halogens is 3. The lowest BCUT2D eigenvalue weighted by Gasteiger charge is -2.20. The standard InChI is InChI=1S/C9H13Cl3/c1-4-5-8(6-7(2)3)9(10,11)12/h4,6,8H,1,5H2,2-3H3. The van der Waals surface area contributed by atoms with Crippen LogP contribution < -0.4 is 0 Å². The van der Waals surface area contributed by atoms with Gasteiger partial charge < -0.3 is 0 Å². The lowest BCUT2D eigenvalue weighted by molar-refractivity contribution is 0.676. The Hall–Kier alpha value is 0.350. The average Bonchev–Trinajstić information content (AvgIpc) is 1.83.